The van der Waals surface area contributed by atoms with Crippen LogP contribution < -0.4 is 5.73 Å². The maximum Gasteiger partial charge on any atom is 0.00362 e. The molecule has 0 aliphatic heterocycles. The lowest BCUT2D eigenvalue weighted by atomic mass is 10.0. The van der Waals surface area contributed by atoms with Crippen LogP contribution in [0.25, 0.3) is 0 Å². The molecule has 0 aliphatic rings. The number of unbranched alkanes of at least 4 members (excludes halogenated alkanes) is 9. The Labute approximate surface area is 103 Å². The Hall–Kier alpha value is -0.0400. The number of hydrogen-bond acceptors (Lipinski definition) is 1. The summed E-state index contributed by atoms with van der Waals surface area (Å²) in [5, 5.41) is 0. The van der Waals surface area contributed by atoms with Crippen LogP contribution in [0.3, 0.4) is 0 Å². The summed E-state index contributed by atoms with van der Waals surface area (Å²) in [5.41, 5.74) is 5.88. The minimum atomic E-state index is 0.453. The zero-order chi connectivity index (χ0) is 12.1. The van der Waals surface area contributed by atoms with Crippen LogP contribution in [0.1, 0.15) is 90.9 Å². The highest BCUT2D eigenvalue weighted by molar-refractivity contribution is 4.58. The molecular formula is C15H33N. The lowest BCUT2D eigenvalue weighted by Crippen LogP contribution is -2.17. The van der Waals surface area contributed by atoms with Crippen molar-refractivity contribution in [2.24, 2.45) is 5.73 Å². The van der Waals surface area contributed by atoms with Crippen molar-refractivity contribution in [2.75, 3.05) is 0 Å². The summed E-state index contributed by atoms with van der Waals surface area (Å²) in [4.78, 5) is 0. The van der Waals surface area contributed by atoms with Gasteiger partial charge >= 0.3 is 0 Å². The Morgan fingerprint density at radius 1 is 0.688 bits per heavy atom. The molecule has 2 N–H and O–H groups in total. The van der Waals surface area contributed by atoms with Crippen LogP contribution in [-0.2, 0) is 0 Å². The lowest BCUT2D eigenvalue weighted by molar-refractivity contribution is 0.515. The molecule has 0 saturated carbocycles. The van der Waals surface area contributed by atoms with Crippen molar-refractivity contribution >= 4 is 0 Å². The molecule has 1 unspecified atom stereocenters. The fraction of sp³-hybridized carbons (Fsp3) is 1.00. The van der Waals surface area contributed by atoms with Crippen LogP contribution in [0.15, 0.2) is 0 Å². The van der Waals surface area contributed by atoms with Gasteiger partial charge in [-0.25, -0.2) is 0 Å². The Kier molecular flexibility index (Phi) is 13.0. The third-order valence-electron chi connectivity index (χ3n) is 3.45. The second-order valence-electron chi connectivity index (χ2n) is 5.14. The first-order chi connectivity index (χ1) is 7.81. The molecule has 0 saturated heterocycles. The average Bonchev–Trinajstić information content (AvgIpc) is 2.31. The summed E-state index contributed by atoms with van der Waals surface area (Å²) < 4.78 is 0. The van der Waals surface area contributed by atoms with Gasteiger partial charge < -0.3 is 5.73 Å². The molecule has 0 fully saturated rings. The molecule has 1 heteroatoms. The maximum absolute atomic E-state index is 5.88. The van der Waals surface area contributed by atoms with Gasteiger partial charge in [-0.05, 0) is 12.8 Å². The molecule has 1 atom stereocenters. The van der Waals surface area contributed by atoms with Crippen molar-refractivity contribution in [3.8, 4) is 0 Å². The van der Waals surface area contributed by atoms with Crippen LogP contribution in [0.4, 0.5) is 0 Å². The highest BCUT2D eigenvalue weighted by Crippen LogP contribution is 2.11. The van der Waals surface area contributed by atoms with Crippen molar-refractivity contribution in [3.63, 3.8) is 0 Å². The smallest absolute Gasteiger partial charge is 0.00362 e. The predicted octanol–water partition coefficient (Wildman–Crippen LogP) is 5.03. The molecule has 0 aromatic rings. The summed E-state index contributed by atoms with van der Waals surface area (Å²) >= 11 is 0. The van der Waals surface area contributed by atoms with E-state index in [0.29, 0.717) is 6.04 Å². The van der Waals surface area contributed by atoms with E-state index < -0.39 is 0 Å². The monoisotopic (exact) mass is 227 g/mol. The van der Waals surface area contributed by atoms with Crippen LogP contribution >= 0.6 is 0 Å². The van der Waals surface area contributed by atoms with Crippen LogP contribution in [-0.4, -0.2) is 6.04 Å². The molecule has 16 heavy (non-hydrogen) atoms. The van der Waals surface area contributed by atoms with Gasteiger partial charge in [0.05, 0.1) is 0 Å². The van der Waals surface area contributed by atoms with Crippen LogP contribution in [0.2, 0.25) is 0 Å². The largest absolute Gasteiger partial charge is 0.328 e. The molecule has 0 spiro atoms. The van der Waals surface area contributed by atoms with Gasteiger partial charge in [-0.1, -0.05) is 78.1 Å². The first-order valence-corrected chi connectivity index (χ1v) is 7.56. The summed E-state index contributed by atoms with van der Waals surface area (Å²) in [7, 11) is 0. The molecule has 1 nitrogen and oxygen atoms in total. The molecule has 0 aromatic carbocycles. The number of hydrogen-bond donors (Lipinski definition) is 1. The van der Waals surface area contributed by atoms with Gasteiger partial charge in [0.25, 0.3) is 0 Å². The van der Waals surface area contributed by atoms with E-state index in [2.05, 4.69) is 13.8 Å². The molecule has 0 aliphatic carbocycles. The quantitative estimate of drug-likeness (QED) is 0.465. The maximum atomic E-state index is 5.88. The SMILES string of the molecule is CCCCCCCCCCCCC(N)CC. The number of nitrogens with two attached hydrogens (primary N) is 1. The van der Waals surface area contributed by atoms with E-state index in [1.165, 1.54) is 70.6 Å². The average molecular weight is 227 g/mol. The lowest BCUT2D eigenvalue weighted by Gasteiger charge is -2.07. The molecule has 98 valence electrons. The van der Waals surface area contributed by atoms with Crippen molar-refractivity contribution < 1.29 is 0 Å². The standard InChI is InChI=1S/C15H33N/c1-3-5-6-7-8-9-10-11-12-13-14-15(16)4-2/h15H,3-14,16H2,1-2H3. The predicted molar refractivity (Wildman–Crippen MR) is 74.7 cm³/mol. The van der Waals surface area contributed by atoms with E-state index in [1.807, 2.05) is 0 Å². The zero-order valence-corrected chi connectivity index (χ0v) is 11.6. The van der Waals surface area contributed by atoms with E-state index in [9.17, 15) is 0 Å². The first-order valence-electron chi connectivity index (χ1n) is 7.56. The van der Waals surface area contributed by atoms with Gasteiger partial charge in [0, 0.05) is 6.04 Å². The van der Waals surface area contributed by atoms with E-state index in [0.717, 1.165) is 6.42 Å². The molecule has 0 aromatic heterocycles. The van der Waals surface area contributed by atoms with E-state index >= 15 is 0 Å². The van der Waals surface area contributed by atoms with Gasteiger partial charge in [0.15, 0.2) is 0 Å². The Morgan fingerprint density at radius 2 is 1.12 bits per heavy atom. The summed E-state index contributed by atoms with van der Waals surface area (Å²) in [6, 6.07) is 0.453. The van der Waals surface area contributed by atoms with Gasteiger partial charge in [0.1, 0.15) is 0 Å². The highest BCUT2D eigenvalue weighted by Gasteiger charge is 1.98. The normalized spacial score (nSPS) is 12.9. The molecule has 0 rings (SSSR count). The fourth-order valence-electron chi connectivity index (χ4n) is 2.10. The Balaban J connectivity index is 2.93. The minimum Gasteiger partial charge on any atom is -0.328 e. The van der Waals surface area contributed by atoms with E-state index in [-0.39, 0.29) is 0 Å². The zero-order valence-electron chi connectivity index (χ0n) is 11.6. The van der Waals surface area contributed by atoms with E-state index in [4.69, 9.17) is 5.73 Å². The Bertz CT molecular complexity index is 123. The third-order valence-corrected chi connectivity index (χ3v) is 3.45. The first kappa shape index (κ1) is 16.0. The third kappa shape index (κ3) is 12.0. The Morgan fingerprint density at radius 3 is 1.56 bits per heavy atom. The van der Waals surface area contributed by atoms with Crippen molar-refractivity contribution in [3.05, 3.63) is 0 Å². The molecule has 0 bridgehead atoms. The van der Waals surface area contributed by atoms with Crippen molar-refractivity contribution in [1.29, 1.82) is 0 Å². The molecular weight excluding hydrogens is 194 g/mol. The second-order valence-corrected chi connectivity index (χ2v) is 5.14. The fourth-order valence-corrected chi connectivity index (χ4v) is 2.10. The van der Waals surface area contributed by atoms with Crippen LogP contribution in [0.5, 0.6) is 0 Å². The molecule has 0 radical (unpaired) electrons. The van der Waals surface area contributed by atoms with Gasteiger partial charge in [-0.15, -0.1) is 0 Å². The van der Waals surface area contributed by atoms with Gasteiger partial charge in [-0.2, -0.15) is 0 Å². The molecule has 0 heterocycles. The highest BCUT2D eigenvalue weighted by atomic mass is 14.6. The second kappa shape index (κ2) is 13.0. The summed E-state index contributed by atoms with van der Waals surface area (Å²) in [5.74, 6) is 0. The van der Waals surface area contributed by atoms with Crippen molar-refractivity contribution in [1.82, 2.24) is 0 Å². The molecule has 0 amide bonds. The minimum absolute atomic E-state index is 0.453. The summed E-state index contributed by atoms with van der Waals surface area (Å²) in [6.07, 6.45) is 16.5. The topological polar surface area (TPSA) is 26.0 Å². The van der Waals surface area contributed by atoms with Gasteiger partial charge in [0.2, 0.25) is 0 Å². The summed E-state index contributed by atoms with van der Waals surface area (Å²) in [6.45, 7) is 4.46. The van der Waals surface area contributed by atoms with Crippen LogP contribution in [0, 0.1) is 0 Å². The number of rotatable bonds is 12. The van der Waals surface area contributed by atoms with Crippen molar-refractivity contribution in [2.45, 2.75) is 96.9 Å². The van der Waals surface area contributed by atoms with E-state index in [1.54, 1.807) is 0 Å². The van der Waals surface area contributed by atoms with Gasteiger partial charge in [-0.3, -0.25) is 0 Å².